The van der Waals surface area contributed by atoms with Crippen LogP contribution < -0.4 is 15.4 Å². The third kappa shape index (κ3) is 4.51. The topological polar surface area (TPSA) is 58.5 Å². The number of hydrogen-bond donors (Lipinski definition) is 2. The molecule has 0 bridgehead atoms. The summed E-state index contributed by atoms with van der Waals surface area (Å²) in [4.78, 5) is 8.72. The van der Waals surface area contributed by atoms with Gasteiger partial charge in [0.2, 0.25) is 5.88 Å². The molecule has 3 rings (SSSR count). The first-order valence-corrected chi connectivity index (χ1v) is 9.15. The van der Waals surface area contributed by atoms with Gasteiger partial charge in [-0.15, -0.1) is 0 Å². The Morgan fingerprint density at radius 2 is 2.04 bits per heavy atom. The number of pyridine rings is 1. The van der Waals surface area contributed by atoms with Gasteiger partial charge in [0, 0.05) is 29.5 Å². The van der Waals surface area contributed by atoms with Gasteiger partial charge in [-0.2, -0.15) is 0 Å². The van der Waals surface area contributed by atoms with Gasteiger partial charge in [0.05, 0.1) is 19.3 Å². The standard InChI is InChI=1S/C19H23BrN4O/c1-21-18(22-12-16-7-4-8-17(24-16)25-2)23-13-19(9-10-19)14-5-3-6-15(20)11-14/h3-8,11H,9-10,12-13H2,1-2H3,(H2,21,22,23). The number of benzene rings is 1. The van der Waals surface area contributed by atoms with Gasteiger partial charge in [-0.25, -0.2) is 4.98 Å². The fourth-order valence-corrected chi connectivity index (χ4v) is 3.25. The molecule has 6 heteroatoms. The highest BCUT2D eigenvalue weighted by Gasteiger charge is 2.44. The fourth-order valence-electron chi connectivity index (χ4n) is 2.85. The number of hydrogen-bond acceptors (Lipinski definition) is 3. The largest absolute Gasteiger partial charge is 0.481 e. The fraction of sp³-hybridized carbons (Fsp3) is 0.368. The average Bonchev–Trinajstić information content (AvgIpc) is 3.43. The lowest BCUT2D eigenvalue weighted by atomic mass is 9.96. The number of guanidine groups is 1. The second-order valence-electron chi connectivity index (χ2n) is 6.24. The molecule has 132 valence electrons. The van der Waals surface area contributed by atoms with Crippen molar-refractivity contribution in [1.29, 1.82) is 0 Å². The molecule has 1 aliphatic rings. The predicted molar refractivity (Wildman–Crippen MR) is 104 cm³/mol. The summed E-state index contributed by atoms with van der Waals surface area (Å²) in [7, 11) is 3.41. The summed E-state index contributed by atoms with van der Waals surface area (Å²) < 4.78 is 6.29. The molecular formula is C19H23BrN4O. The van der Waals surface area contributed by atoms with Gasteiger partial charge in [0.1, 0.15) is 0 Å². The molecule has 1 fully saturated rings. The Hall–Kier alpha value is -2.08. The molecule has 0 spiro atoms. The van der Waals surface area contributed by atoms with Crippen molar-refractivity contribution in [2.75, 3.05) is 20.7 Å². The third-order valence-electron chi connectivity index (χ3n) is 4.54. The summed E-state index contributed by atoms with van der Waals surface area (Å²) in [6.07, 6.45) is 2.40. The molecule has 0 aliphatic heterocycles. The maximum Gasteiger partial charge on any atom is 0.213 e. The number of rotatable bonds is 6. The van der Waals surface area contributed by atoms with Gasteiger partial charge in [-0.3, -0.25) is 4.99 Å². The molecule has 1 saturated carbocycles. The van der Waals surface area contributed by atoms with Crippen LogP contribution in [0.15, 0.2) is 51.9 Å². The number of aromatic nitrogens is 1. The molecular weight excluding hydrogens is 380 g/mol. The normalized spacial score (nSPS) is 15.6. The highest BCUT2D eigenvalue weighted by atomic mass is 79.9. The van der Waals surface area contributed by atoms with Crippen molar-refractivity contribution in [3.63, 3.8) is 0 Å². The molecule has 5 nitrogen and oxygen atoms in total. The van der Waals surface area contributed by atoms with E-state index in [-0.39, 0.29) is 5.41 Å². The predicted octanol–water partition coefficient (Wildman–Crippen LogP) is 3.25. The van der Waals surface area contributed by atoms with Crippen LogP contribution in [0.1, 0.15) is 24.1 Å². The summed E-state index contributed by atoms with van der Waals surface area (Å²) in [6.45, 7) is 1.47. The van der Waals surface area contributed by atoms with Crippen LogP contribution in [-0.4, -0.2) is 31.6 Å². The van der Waals surface area contributed by atoms with Crippen LogP contribution in [0, 0.1) is 0 Å². The number of nitrogens with one attached hydrogen (secondary N) is 2. The van der Waals surface area contributed by atoms with Gasteiger partial charge in [0.25, 0.3) is 0 Å². The number of halogens is 1. The van der Waals surface area contributed by atoms with Crippen LogP contribution in [0.4, 0.5) is 0 Å². The van der Waals surface area contributed by atoms with Gasteiger partial charge in [0.15, 0.2) is 5.96 Å². The lowest BCUT2D eigenvalue weighted by Crippen LogP contribution is -2.41. The second kappa shape index (κ2) is 7.87. The summed E-state index contributed by atoms with van der Waals surface area (Å²) in [5.74, 6) is 1.40. The van der Waals surface area contributed by atoms with Gasteiger partial charge < -0.3 is 15.4 Å². The smallest absolute Gasteiger partial charge is 0.213 e. The zero-order valence-electron chi connectivity index (χ0n) is 14.6. The lowest BCUT2D eigenvalue weighted by Gasteiger charge is -2.19. The highest BCUT2D eigenvalue weighted by molar-refractivity contribution is 9.10. The van der Waals surface area contributed by atoms with Crippen LogP contribution in [0.3, 0.4) is 0 Å². The van der Waals surface area contributed by atoms with Crippen molar-refractivity contribution in [2.45, 2.75) is 24.8 Å². The van der Waals surface area contributed by atoms with Crippen molar-refractivity contribution in [2.24, 2.45) is 4.99 Å². The molecule has 1 aromatic carbocycles. The van der Waals surface area contributed by atoms with Crippen molar-refractivity contribution >= 4 is 21.9 Å². The molecule has 0 unspecified atom stereocenters. The first kappa shape index (κ1) is 17.7. The molecule has 2 aromatic rings. The Morgan fingerprint density at radius 1 is 1.24 bits per heavy atom. The zero-order valence-corrected chi connectivity index (χ0v) is 16.1. The molecule has 0 amide bonds. The third-order valence-corrected chi connectivity index (χ3v) is 5.03. The van der Waals surface area contributed by atoms with E-state index in [1.807, 2.05) is 18.2 Å². The van der Waals surface area contributed by atoms with E-state index < -0.39 is 0 Å². The van der Waals surface area contributed by atoms with E-state index in [1.54, 1.807) is 14.2 Å². The van der Waals surface area contributed by atoms with Gasteiger partial charge in [-0.05, 0) is 36.6 Å². The highest BCUT2D eigenvalue weighted by Crippen LogP contribution is 2.48. The lowest BCUT2D eigenvalue weighted by molar-refractivity contribution is 0.396. The minimum absolute atomic E-state index is 0.218. The molecule has 1 aromatic heterocycles. The second-order valence-corrected chi connectivity index (χ2v) is 7.16. The minimum Gasteiger partial charge on any atom is -0.481 e. The SMILES string of the molecule is CN=C(NCc1cccc(OC)n1)NCC1(c2cccc(Br)c2)CC1. The Morgan fingerprint density at radius 3 is 2.72 bits per heavy atom. The van der Waals surface area contributed by atoms with Crippen LogP contribution in [0.5, 0.6) is 5.88 Å². The zero-order chi connectivity index (χ0) is 17.7. The first-order chi connectivity index (χ1) is 12.1. The number of methoxy groups -OCH3 is 1. The van der Waals surface area contributed by atoms with Crippen molar-refractivity contribution in [1.82, 2.24) is 15.6 Å². The molecule has 1 heterocycles. The summed E-state index contributed by atoms with van der Waals surface area (Å²) in [6, 6.07) is 14.3. The average molecular weight is 403 g/mol. The van der Waals surface area contributed by atoms with Gasteiger partial charge >= 0.3 is 0 Å². The van der Waals surface area contributed by atoms with E-state index in [2.05, 4.69) is 60.8 Å². The molecule has 25 heavy (non-hydrogen) atoms. The van der Waals surface area contributed by atoms with Crippen molar-refractivity contribution in [3.8, 4) is 5.88 Å². The molecule has 0 atom stereocenters. The number of nitrogens with zero attached hydrogens (tertiary/aromatic N) is 2. The monoisotopic (exact) mass is 402 g/mol. The Balaban J connectivity index is 1.56. The maximum atomic E-state index is 5.16. The van der Waals surface area contributed by atoms with E-state index in [4.69, 9.17) is 4.74 Å². The van der Waals surface area contributed by atoms with Crippen LogP contribution in [-0.2, 0) is 12.0 Å². The van der Waals surface area contributed by atoms with Crippen LogP contribution in [0.2, 0.25) is 0 Å². The summed E-state index contributed by atoms with van der Waals surface area (Å²) >= 11 is 3.56. The van der Waals surface area contributed by atoms with E-state index in [9.17, 15) is 0 Å². The molecule has 1 aliphatic carbocycles. The summed E-state index contributed by atoms with van der Waals surface area (Å²) in [5, 5.41) is 6.77. The Bertz CT molecular complexity index is 759. The van der Waals surface area contributed by atoms with Crippen LogP contribution >= 0.6 is 15.9 Å². The van der Waals surface area contributed by atoms with E-state index in [0.717, 1.165) is 22.7 Å². The minimum atomic E-state index is 0.218. The maximum absolute atomic E-state index is 5.16. The molecule has 0 radical (unpaired) electrons. The first-order valence-electron chi connectivity index (χ1n) is 8.36. The van der Waals surface area contributed by atoms with Crippen molar-refractivity contribution < 1.29 is 4.74 Å². The van der Waals surface area contributed by atoms with Crippen molar-refractivity contribution in [3.05, 3.63) is 58.2 Å². The number of aliphatic imine (C=N–C) groups is 1. The Labute approximate surface area is 157 Å². The number of ether oxygens (including phenoxy) is 1. The van der Waals surface area contributed by atoms with E-state index >= 15 is 0 Å². The van der Waals surface area contributed by atoms with E-state index in [1.165, 1.54) is 18.4 Å². The molecule has 0 saturated heterocycles. The summed E-state index contributed by atoms with van der Waals surface area (Å²) in [5.41, 5.74) is 2.50. The molecule has 2 N–H and O–H groups in total. The Kier molecular flexibility index (Phi) is 5.58. The van der Waals surface area contributed by atoms with Gasteiger partial charge in [-0.1, -0.05) is 34.1 Å². The van der Waals surface area contributed by atoms with Crippen LogP contribution in [0.25, 0.3) is 0 Å². The quantitative estimate of drug-likeness (QED) is 0.574. The van der Waals surface area contributed by atoms with E-state index in [0.29, 0.717) is 12.4 Å².